The van der Waals surface area contributed by atoms with Gasteiger partial charge in [-0.2, -0.15) is 5.10 Å². The standard InChI is InChI=1S/C9H9N3O2S2/c1-12-9(10-5-11-12)16-4-6-2-3-15-7(6)8(13)14/h2-3,5H,4H2,1H3,(H,13,14). The lowest BCUT2D eigenvalue weighted by Crippen LogP contribution is -1.97. The van der Waals surface area contributed by atoms with Crippen molar-refractivity contribution in [1.29, 1.82) is 0 Å². The van der Waals surface area contributed by atoms with Crippen LogP contribution in [0.3, 0.4) is 0 Å². The number of aromatic carboxylic acids is 1. The van der Waals surface area contributed by atoms with Crippen molar-refractivity contribution >= 4 is 29.1 Å². The number of nitrogens with zero attached hydrogens (tertiary/aromatic N) is 3. The Kier molecular flexibility index (Phi) is 3.25. The smallest absolute Gasteiger partial charge is 0.346 e. The van der Waals surface area contributed by atoms with Crippen LogP contribution in [0.1, 0.15) is 15.2 Å². The fourth-order valence-corrected chi connectivity index (χ4v) is 2.93. The first kappa shape index (κ1) is 11.2. The normalized spacial score (nSPS) is 10.6. The molecule has 0 amide bonds. The highest BCUT2D eigenvalue weighted by Crippen LogP contribution is 2.25. The van der Waals surface area contributed by atoms with Gasteiger partial charge in [-0.15, -0.1) is 11.3 Å². The number of hydrogen-bond acceptors (Lipinski definition) is 5. The van der Waals surface area contributed by atoms with Crippen LogP contribution in [-0.4, -0.2) is 25.8 Å². The van der Waals surface area contributed by atoms with Crippen LogP contribution in [0.4, 0.5) is 0 Å². The number of thioether (sulfide) groups is 1. The highest BCUT2D eigenvalue weighted by Gasteiger charge is 2.12. The van der Waals surface area contributed by atoms with E-state index in [9.17, 15) is 4.79 Å². The largest absolute Gasteiger partial charge is 0.477 e. The highest BCUT2D eigenvalue weighted by molar-refractivity contribution is 7.98. The van der Waals surface area contributed by atoms with E-state index in [1.165, 1.54) is 29.4 Å². The molecule has 0 fully saturated rings. The number of aromatic nitrogens is 3. The number of rotatable bonds is 4. The zero-order chi connectivity index (χ0) is 11.5. The monoisotopic (exact) mass is 255 g/mol. The maximum atomic E-state index is 10.9. The zero-order valence-electron chi connectivity index (χ0n) is 8.45. The molecule has 84 valence electrons. The number of hydrogen-bond donors (Lipinski definition) is 1. The number of aryl methyl sites for hydroxylation is 1. The summed E-state index contributed by atoms with van der Waals surface area (Å²) in [7, 11) is 1.81. The Bertz CT molecular complexity index is 506. The molecule has 0 unspecified atom stereocenters. The fourth-order valence-electron chi connectivity index (χ4n) is 1.20. The average Bonchev–Trinajstić information content (AvgIpc) is 2.83. The Morgan fingerprint density at radius 3 is 3.12 bits per heavy atom. The Balaban J connectivity index is 2.08. The Morgan fingerprint density at radius 1 is 1.69 bits per heavy atom. The van der Waals surface area contributed by atoms with Gasteiger partial charge in [0.2, 0.25) is 0 Å². The predicted octanol–water partition coefficient (Wildman–Crippen LogP) is 1.87. The van der Waals surface area contributed by atoms with Crippen LogP contribution >= 0.6 is 23.1 Å². The van der Waals surface area contributed by atoms with Crippen molar-refractivity contribution in [3.63, 3.8) is 0 Å². The van der Waals surface area contributed by atoms with Crippen molar-refractivity contribution in [2.45, 2.75) is 10.9 Å². The molecular weight excluding hydrogens is 246 g/mol. The molecule has 0 atom stereocenters. The molecule has 0 aromatic carbocycles. The van der Waals surface area contributed by atoms with E-state index in [1.807, 2.05) is 6.07 Å². The summed E-state index contributed by atoms with van der Waals surface area (Å²) in [4.78, 5) is 15.3. The van der Waals surface area contributed by atoms with E-state index in [0.717, 1.165) is 10.7 Å². The molecule has 0 radical (unpaired) electrons. The Hall–Kier alpha value is -1.34. The molecule has 0 aliphatic rings. The topological polar surface area (TPSA) is 68.0 Å². The molecule has 2 aromatic rings. The van der Waals surface area contributed by atoms with Gasteiger partial charge in [0.1, 0.15) is 11.2 Å². The van der Waals surface area contributed by atoms with Crippen LogP contribution in [0.2, 0.25) is 0 Å². The molecule has 0 saturated heterocycles. The third-order valence-electron chi connectivity index (χ3n) is 1.97. The van der Waals surface area contributed by atoms with Crippen LogP contribution in [0.15, 0.2) is 22.9 Å². The second-order valence-corrected chi connectivity index (χ2v) is 4.89. The summed E-state index contributed by atoms with van der Waals surface area (Å²) >= 11 is 2.72. The van der Waals surface area contributed by atoms with Crippen LogP contribution in [0, 0.1) is 0 Å². The second-order valence-electron chi connectivity index (χ2n) is 3.04. The lowest BCUT2D eigenvalue weighted by Gasteiger charge is -2.00. The van der Waals surface area contributed by atoms with Crippen molar-refractivity contribution in [3.8, 4) is 0 Å². The second kappa shape index (κ2) is 4.67. The third kappa shape index (κ3) is 2.25. The van der Waals surface area contributed by atoms with Gasteiger partial charge in [-0.3, -0.25) is 0 Å². The van der Waals surface area contributed by atoms with Crippen LogP contribution in [-0.2, 0) is 12.8 Å². The minimum absolute atomic E-state index is 0.398. The van der Waals surface area contributed by atoms with E-state index in [2.05, 4.69) is 10.1 Å². The molecule has 2 heterocycles. The van der Waals surface area contributed by atoms with Crippen molar-refractivity contribution in [3.05, 3.63) is 28.2 Å². The fraction of sp³-hybridized carbons (Fsp3) is 0.222. The van der Waals surface area contributed by atoms with Gasteiger partial charge in [-0.05, 0) is 17.0 Å². The summed E-state index contributed by atoms with van der Waals surface area (Å²) in [6.45, 7) is 0. The molecule has 0 spiro atoms. The van der Waals surface area contributed by atoms with E-state index in [4.69, 9.17) is 5.11 Å². The number of carbonyl (C=O) groups is 1. The summed E-state index contributed by atoms with van der Waals surface area (Å²) in [6, 6.07) is 1.83. The molecule has 0 aliphatic heterocycles. The Labute approximate surface area is 100 Å². The number of carboxylic acids is 1. The molecule has 2 rings (SSSR count). The zero-order valence-corrected chi connectivity index (χ0v) is 10.1. The lowest BCUT2D eigenvalue weighted by molar-refractivity contribution is 0.0701. The minimum atomic E-state index is -0.872. The molecule has 1 N–H and O–H groups in total. The summed E-state index contributed by atoms with van der Waals surface area (Å²) < 4.78 is 1.66. The summed E-state index contributed by atoms with van der Waals surface area (Å²) in [5.74, 6) is -0.277. The SMILES string of the molecule is Cn1ncnc1SCc1ccsc1C(=O)O. The van der Waals surface area contributed by atoms with Gasteiger partial charge >= 0.3 is 5.97 Å². The van der Waals surface area contributed by atoms with Gasteiger partial charge in [0.25, 0.3) is 0 Å². The van der Waals surface area contributed by atoms with Crippen molar-refractivity contribution in [1.82, 2.24) is 14.8 Å². The van der Waals surface area contributed by atoms with Crippen molar-refractivity contribution < 1.29 is 9.90 Å². The van der Waals surface area contributed by atoms with Gasteiger partial charge < -0.3 is 5.11 Å². The van der Waals surface area contributed by atoms with Crippen molar-refractivity contribution in [2.24, 2.45) is 7.05 Å². The average molecular weight is 255 g/mol. The molecular formula is C9H9N3O2S2. The van der Waals surface area contributed by atoms with Gasteiger partial charge in [0.05, 0.1) is 0 Å². The first-order valence-corrected chi connectivity index (χ1v) is 6.31. The molecule has 16 heavy (non-hydrogen) atoms. The van der Waals surface area contributed by atoms with E-state index < -0.39 is 5.97 Å². The van der Waals surface area contributed by atoms with Gasteiger partial charge in [0.15, 0.2) is 5.16 Å². The third-order valence-corrected chi connectivity index (χ3v) is 4.00. The molecule has 0 saturated carbocycles. The Morgan fingerprint density at radius 2 is 2.50 bits per heavy atom. The summed E-state index contributed by atoms with van der Waals surface area (Å²) in [5.41, 5.74) is 0.825. The van der Waals surface area contributed by atoms with E-state index >= 15 is 0 Å². The van der Waals surface area contributed by atoms with E-state index in [-0.39, 0.29) is 0 Å². The summed E-state index contributed by atoms with van der Waals surface area (Å²) in [5, 5.41) is 15.4. The molecule has 0 bridgehead atoms. The minimum Gasteiger partial charge on any atom is -0.477 e. The maximum absolute atomic E-state index is 10.9. The first-order chi connectivity index (χ1) is 7.68. The molecule has 2 aromatic heterocycles. The first-order valence-electron chi connectivity index (χ1n) is 4.45. The molecule has 7 heteroatoms. The van der Waals surface area contributed by atoms with Crippen molar-refractivity contribution in [2.75, 3.05) is 0 Å². The van der Waals surface area contributed by atoms with Crippen LogP contribution in [0.5, 0.6) is 0 Å². The van der Waals surface area contributed by atoms with Gasteiger partial charge in [-0.1, -0.05) is 11.8 Å². The van der Waals surface area contributed by atoms with Gasteiger partial charge in [-0.25, -0.2) is 14.5 Å². The quantitative estimate of drug-likeness (QED) is 0.845. The highest BCUT2D eigenvalue weighted by atomic mass is 32.2. The van der Waals surface area contributed by atoms with Crippen LogP contribution in [0.25, 0.3) is 0 Å². The van der Waals surface area contributed by atoms with Crippen LogP contribution < -0.4 is 0 Å². The van der Waals surface area contributed by atoms with E-state index in [0.29, 0.717) is 10.6 Å². The lowest BCUT2D eigenvalue weighted by atomic mass is 10.3. The summed E-state index contributed by atoms with van der Waals surface area (Å²) in [6.07, 6.45) is 1.48. The van der Waals surface area contributed by atoms with Gasteiger partial charge in [0, 0.05) is 12.8 Å². The molecule has 0 aliphatic carbocycles. The number of carboxylic acid groups (broad SMARTS) is 1. The molecule has 5 nitrogen and oxygen atoms in total. The van der Waals surface area contributed by atoms with E-state index in [1.54, 1.807) is 17.1 Å². The predicted molar refractivity (Wildman–Crippen MR) is 61.8 cm³/mol. The number of thiophene rings is 1. The maximum Gasteiger partial charge on any atom is 0.346 e.